The van der Waals surface area contributed by atoms with Gasteiger partial charge in [-0.3, -0.25) is 4.99 Å². The number of rotatable bonds is 7. The highest BCUT2D eigenvalue weighted by Crippen LogP contribution is 2.19. The number of hydrogen-bond donors (Lipinski definition) is 2. The average Bonchev–Trinajstić information content (AvgIpc) is 2.87. The quantitative estimate of drug-likeness (QED) is 0.156. The Balaban J connectivity index is 0.00000288. The molecule has 0 aromatic heterocycles. The van der Waals surface area contributed by atoms with Crippen LogP contribution in [0.5, 0.6) is 0 Å². The Labute approximate surface area is 164 Å². The van der Waals surface area contributed by atoms with Crippen molar-refractivity contribution in [2.75, 3.05) is 40.0 Å². The van der Waals surface area contributed by atoms with Crippen molar-refractivity contribution in [3.63, 3.8) is 0 Å². The second-order valence-electron chi connectivity index (χ2n) is 6.35. The van der Waals surface area contributed by atoms with Gasteiger partial charge in [-0.2, -0.15) is 0 Å². The fourth-order valence-electron chi connectivity index (χ4n) is 3.16. The van der Waals surface area contributed by atoms with Crippen molar-refractivity contribution in [3.05, 3.63) is 11.6 Å². The van der Waals surface area contributed by atoms with Crippen LogP contribution in [0.3, 0.4) is 0 Å². The number of nitrogens with zero attached hydrogens (tertiary/aromatic N) is 1. The van der Waals surface area contributed by atoms with Gasteiger partial charge in [0, 0.05) is 20.1 Å². The first-order valence-electron chi connectivity index (χ1n) is 9.20. The van der Waals surface area contributed by atoms with Crippen molar-refractivity contribution < 1.29 is 9.47 Å². The van der Waals surface area contributed by atoms with Crippen molar-refractivity contribution in [1.82, 2.24) is 10.6 Å². The third kappa shape index (κ3) is 9.22. The number of hydrogen-bond acceptors (Lipinski definition) is 3. The zero-order chi connectivity index (χ0) is 16.2. The van der Waals surface area contributed by atoms with Crippen LogP contribution in [0.25, 0.3) is 0 Å². The molecule has 0 unspecified atom stereocenters. The Bertz CT molecular complexity index is 380. The maximum Gasteiger partial charge on any atom is 0.191 e. The molecule has 0 spiro atoms. The fourth-order valence-corrected chi connectivity index (χ4v) is 3.16. The first-order valence-corrected chi connectivity index (χ1v) is 9.20. The van der Waals surface area contributed by atoms with Gasteiger partial charge in [0.1, 0.15) is 0 Å². The summed E-state index contributed by atoms with van der Waals surface area (Å²) in [5.41, 5.74) is 1.48. The molecule has 6 heteroatoms. The highest BCUT2D eigenvalue weighted by Gasteiger charge is 2.12. The molecule has 2 N–H and O–H groups in total. The minimum atomic E-state index is 0. The number of guanidine groups is 1. The van der Waals surface area contributed by atoms with Gasteiger partial charge >= 0.3 is 0 Å². The minimum absolute atomic E-state index is 0. The summed E-state index contributed by atoms with van der Waals surface area (Å²) in [5, 5.41) is 6.70. The topological polar surface area (TPSA) is 54.9 Å². The van der Waals surface area contributed by atoms with Crippen LogP contribution >= 0.6 is 24.0 Å². The Hall–Kier alpha value is -0.340. The van der Waals surface area contributed by atoms with Crippen molar-refractivity contribution in [2.45, 2.75) is 57.5 Å². The van der Waals surface area contributed by atoms with E-state index in [1.54, 1.807) is 0 Å². The molecule has 1 saturated carbocycles. The lowest BCUT2D eigenvalue weighted by Crippen LogP contribution is -2.39. The molecule has 2 rings (SSSR count). The van der Waals surface area contributed by atoms with Gasteiger partial charge < -0.3 is 20.1 Å². The Morgan fingerprint density at radius 3 is 2.62 bits per heavy atom. The average molecular weight is 451 g/mol. The van der Waals surface area contributed by atoms with Gasteiger partial charge in [0.15, 0.2) is 5.96 Å². The molecule has 5 nitrogen and oxygen atoms in total. The van der Waals surface area contributed by atoms with E-state index in [2.05, 4.69) is 21.7 Å². The second kappa shape index (κ2) is 13.9. The van der Waals surface area contributed by atoms with Crippen LogP contribution in [0.15, 0.2) is 16.6 Å². The van der Waals surface area contributed by atoms with Crippen LogP contribution < -0.4 is 10.6 Å². The van der Waals surface area contributed by atoms with Crippen LogP contribution in [-0.4, -0.2) is 52.0 Å². The lowest BCUT2D eigenvalue weighted by atomic mass is 10.1. The predicted molar refractivity (Wildman–Crippen MR) is 110 cm³/mol. The zero-order valence-corrected chi connectivity index (χ0v) is 17.3. The molecule has 1 aliphatic carbocycles. The highest BCUT2D eigenvalue weighted by atomic mass is 127. The first kappa shape index (κ1) is 21.7. The molecule has 24 heavy (non-hydrogen) atoms. The summed E-state index contributed by atoms with van der Waals surface area (Å²) in [6.45, 7) is 4.10. The van der Waals surface area contributed by atoms with E-state index in [-0.39, 0.29) is 24.0 Å². The number of ether oxygens (including phenoxy) is 2. The summed E-state index contributed by atoms with van der Waals surface area (Å²) >= 11 is 0. The third-order valence-electron chi connectivity index (χ3n) is 4.57. The molecule has 0 aromatic rings. The summed E-state index contributed by atoms with van der Waals surface area (Å²) < 4.78 is 11.3. The van der Waals surface area contributed by atoms with E-state index in [0.717, 1.165) is 51.7 Å². The van der Waals surface area contributed by atoms with Crippen molar-refractivity contribution in [2.24, 2.45) is 4.99 Å². The molecule has 0 saturated heterocycles. The molecule has 0 atom stereocenters. The van der Waals surface area contributed by atoms with Gasteiger partial charge in [-0.15, -0.1) is 24.0 Å². The van der Waals surface area contributed by atoms with Gasteiger partial charge in [0.05, 0.1) is 25.9 Å². The molecular formula is C18H34IN3O2. The van der Waals surface area contributed by atoms with E-state index in [1.165, 1.54) is 44.1 Å². The maximum absolute atomic E-state index is 5.99. The summed E-state index contributed by atoms with van der Waals surface area (Å²) in [7, 11) is 1.81. The molecule has 0 amide bonds. The minimum Gasteiger partial charge on any atom is -0.377 e. The van der Waals surface area contributed by atoms with Crippen LogP contribution in [0.2, 0.25) is 0 Å². The standard InChI is InChI=1S/C18H33N3O2.HI/c1-19-18(20-11-8-16-9-13-22-14-10-16)21-12-15-23-17-6-4-2-3-5-7-17;/h9,17H,2-8,10-15H2,1H3,(H2,19,20,21);1H. The Kier molecular flexibility index (Phi) is 12.6. The SMILES string of the molecule is CN=C(NCCOC1CCCCCC1)NCCC1=CCOCC1.I. The number of aliphatic imine (C=N–C) groups is 1. The monoisotopic (exact) mass is 451 g/mol. The second-order valence-corrected chi connectivity index (χ2v) is 6.35. The van der Waals surface area contributed by atoms with Gasteiger partial charge in [-0.1, -0.05) is 37.3 Å². The van der Waals surface area contributed by atoms with Gasteiger partial charge in [0.25, 0.3) is 0 Å². The maximum atomic E-state index is 5.99. The van der Waals surface area contributed by atoms with E-state index in [4.69, 9.17) is 9.47 Å². The molecule has 0 bridgehead atoms. The first-order chi connectivity index (χ1) is 11.4. The molecule has 1 heterocycles. The summed E-state index contributed by atoms with van der Waals surface area (Å²) in [4.78, 5) is 4.26. The fraction of sp³-hybridized carbons (Fsp3) is 0.833. The lowest BCUT2D eigenvalue weighted by molar-refractivity contribution is 0.0468. The van der Waals surface area contributed by atoms with Crippen LogP contribution in [0, 0.1) is 0 Å². The number of nitrogens with one attached hydrogen (secondary N) is 2. The van der Waals surface area contributed by atoms with Gasteiger partial charge in [-0.25, -0.2) is 0 Å². The van der Waals surface area contributed by atoms with Crippen molar-refractivity contribution in [3.8, 4) is 0 Å². The summed E-state index contributed by atoms with van der Waals surface area (Å²) in [6.07, 6.45) is 12.6. The molecule has 140 valence electrons. The highest BCUT2D eigenvalue weighted by molar-refractivity contribution is 14.0. The van der Waals surface area contributed by atoms with Crippen LogP contribution in [0.1, 0.15) is 51.4 Å². The zero-order valence-electron chi connectivity index (χ0n) is 15.0. The molecule has 0 aromatic carbocycles. The summed E-state index contributed by atoms with van der Waals surface area (Å²) in [6, 6.07) is 0. The van der Waals surface area contributed by atoms with E-state index in [1.807, 2.05) is 7.05 Å². The number of halogens is 1. The van der Waals surface area contributed by atoms with Crippen molar-refractivity contribution >= 4 is 29.9 Å². The van der Waals surface area contributed by atoms with Gasteiger partial charge in [-0.05, 0) is 25.7 Å². The lowest BCUT2D eigenvalue weighted by Gasteiger charge is -2.17. The predicted octanol–water partition coefficient (Wildman–Crippen LogP) is 3.25. The van der Waals surface area contributed by atoms with Crippen LogP contribution in [-0.2, 0) is 9.47 Å². The molecule has 1 aliphatic heterocycles. The Morgan fingerprint density at radius 2 is 1.96 bits per heavy atom. The molecule has 1 fully saturated rings. The van der Waals surface area contributed by atoms with Crippen LogP contribution in [0.4, 0.5) is 0 Å². The van der Waals surface area contributed by atoms with E-state index in [9.17, 15) is 0 Å². The van der Waals surface area contributed by atoms with E-state index < -0.39 is 0 Å². The largest absolute Gasteiger partial charge is 0.377 e. The van der Waals surface area contributed by atoms with E-state index >= 15 is 0 Å². The van der Waals surface area contributed by atoms with E-state index in [0.29, 0.717) is 6.10 Å². The third-order valence-corrected chi connectivity index (χ3v) is 4.57. The van der Waals surface area contributed by atoms with Crippen molar-refractivity contribution in [1.29, 1.82) is 0 Å². The molecule has 2 aliphatic rings. The normalized spacial score (nSPS) is 19.9. The Morgan fingerprint density at radius 1 is 1.21 bits per heavy atom. The summed E-state index contributed by atoms with van der Waals surface area (Å²) in [5.74, 6) is 0.863. The van der Waals surface area contributed by atoms with Gasteiger partial charge in [0.2, 0.25) is 0 Å². The molecular weight excluding hydrogens is 417 g/mol. The molecule has 0 radical (unpaired) electrons. The smallest absolute Gasteiger partial charge is 0.191 e.